The Morgan fingerprint density at radius 2 is 0.735 bits per heavy atom. The van der Waals surface area contributed by atoms with Gasteiger partial charge in [0.15, 0.2) is 0 Å². The lowest BCUT2D eigenvalue weighted by molar-refractivity contribution is -0.145. The summed E-state index contributed by atoms with van der Waals surface area (Å²) in [6.07, 6.45) is -2.21. The Morgan fingerprint density at radius 1 is 0.389 bits per heavy atom. The van der Waals surface area contributed by atoms with Gasteiger partial charge in [-0.15, -0.1) is 0 Å². The highest BCUT2D eigenvalue weighted by Crippen LogP contribution is 2.18. The van der Waals surface area contributed by atoms with E-state index in [1.807, 2.05) is 0 Å². The number of carbonyl (C=O) groups excluding carboxylic acids is 8. The van der Waals surface area contributed by atoms with Crippen LogP contribution in [0.15, 0.2) is 48.5 Å². The molecule has 2 heterocycles. The number of amides is 8. The Labute approximate surface area is 652 Å². The van der Waals surface area contributed by atoms with Gasteiger partial charge in [-0.05, 0) is 60.4 Å². The number of nitrogens with two attached hydrogens (primary N) is 1. The molecule has 41 heteroatoms. The second-order valence-corrected chi connectivity index (χ2v) is 27.9. The van der Waals surface area contributed by atoms with Crippen LogP contribution in [-0.2, 0) is 96.2 Å². The predicted molar refractivity (Wildman–Crippen MR) is 400 cm³/mol. The molecule has 2 fully saturated rings. The van der Waals surface area contributed by atoms with Gasteiger partial charge in [-0.2, -0.15) is 0 Å². The molecule has 4 rings (SSSR count). The Bertz CT molecular complexity index is 3480. The molecule has 8 amide bonds. The first-order valence-electron chi connectivity index (χ1n) is 37.2. The van der Waals surface area contributed by atoms with Crippen molar-refractivity contribution in [1.82, 2.24) is 76.4 Å². The maximum Gasteiger partial charge on any atom is 0.320 e. The standard InChI is InChI=1S/C72H110N16O25/c1-4-46(2)66(80-69(108)54(77-47(3)89)37-48-9-11-51(90)12-10-48)70(109)79-52(13-16-57(73)91)67(106)75-38-49-5-7-50(8-6-49)39-76-68(107)53(78-59(93)18-15-56(72(112)113)88-35-31-85(44-64(102)103)27-23-82(41-61(96)97)24-28-86(32-36-88)45-65(104)105)19-20-74-58(92)17-14-55(71(110)111)87-33-29-83(42-62(98)99)25-21-81(40-60(94)95)22-26-84(30-34-87)43-63(100)101/h5-12,46,52-56,66,90H,4,13-45H2,1-3H3,(H2,73,91)(H,74,92)(H,75,106)(H,76,107)(H,77,89)(H,78,93)(H,79,109)(H,80,108)(H,94,95)(H,96,97)(H,98,99)(H,100,101)(H,102,103)(H,104,105)(H,110,111)(H,112,113)/t46?,52-,53-,54-,55?,56?,66-/m0/s1. The number of phenols is 1. The molecule has 18 N–H and O–H groups in total. The largest absolute Gasteiger partial charge is 0.508 e. The molecule has 113 heavy (non-hydrogen) atoms. The lowest BCUT2D eigenvalue weighted by atomic mass is 9.96. The van der Waals surface area contributed by atoms with Gasteiger partial charge in [0.05, 0.1) is 39.3 Å². The van der Waals surface area contributed by atoms with Crippen LogP contribution in [0.5, 0.6) is 5.75 Å². The predicted octanol–water partition coefficient (Wildman–Crippen LogP) is -4.94. The molecule has 0 aromatic heterocycles. The summed E-state index contributed by atoms with van der Waals surface area (Å²) in [7, 11) is 0. The number of hydrogen-bond donors (Lipinski definition) is 17. The Morgan fingerprint density at radius 3 is 1.07 bits per heavy atom. The van der Waals surface area contributed by atoms with Crippen molar-refractivity contribution >= 4 is 95.0 Å². The maximum absolute atomic E-state index is 14.3. The number of aliphatic carboxylic acids is 8. The lowest BCUT2D eigenvalue weighted by Gasteiger charge is -2.35. The molecule has 3 unspecified atom stereocenters. The van der Waals surface area contributed by atoms with Crippen molar-refractivity contribution in [2.24, 2.45) is 11.7 Å². The number of phenolic OH excluding ortho intramolecular Hbond substituents is 1. The number of hydrogen-bond acceptors (Lipinski definition) is 25. The van der Waals surface area contributed by atoms with Crippen LogP contribution in [-0.4, -0.2) is 367 Å². The molecule has 7 atom stereocenters. The monoisotopic (exact) mass is 1600 g/mol. The maximum atomic E-state index is 14.3. The van der Waals surface area contributed by atoms with Crippen molar-refractivity contribution in [3.05, 3.63) is 65.2 Å². The van der Waals surface area contributed by atoms with Gasteiger partial charge in [0.25, 0.3) is 0 Å². The molecule has 628 valence electrons. The van der Waals surface area contributed by atoms with Crippen molar-refractivity contribution in [3.8, 4) is 5.75 Å². The first-order chi connectivity index (χ1) is 53.5. The number of nitrogens with zero attached hydrogens (tertiary/aromatic N) is 8. The molecule has 2 aliphatic rings. The van der Waals surface area contributed by atoms with Gasteiger partial charge in [-0.1, -0.05) is 56.7 Å². The molecular weight excluding hydrogens is 1490 g/mol. The zero-order valence-electron chi connectivity index (χ0n) is 63.9. The quantitative estimate of drug-likeness (QED) is 0.0296. The summed E-state index contributed by atoms with van der Waals surface area (Å²) in [6.45, 7) is 1.18. The molecular formula is C72H110N16O25. The summed E-state index contributed by atoms with van der Waals surface area (Å²) in [5.74, 6) is -16.4. The minimum absolute atomic E-state index is 0.00369. The van der Waals surface area contributed by atoms with Gasteiger partial charge in [-0.3, -0.25) is 116 Å². The normalized spacial score (nSPS) is 17.3. The van der Waals surface area contributed by atoms with Crippen LogP contribution >= 0.6 is 0 Å². The molecule has 41 nitrogen and oxygen atoms in total. The SMILES string of the molecule is CCC(C)[C@H](NC(=O)[C@H](Cc1ccc(O)cc1)NC(C)=O)C(=O)N[C@@H](CCC(N)=O)C(=O)NCc1ccc(CNC(=O)[C@H](CCNC(=O)CCC(C(=O)O)N2CCN(CC(=O)O)CCN(CC(=O)O)CCN(CC(=O)O)CC2)NC(=O)CCC(C(=O)O)N2CCN(CC(=O)O)CCN(CC(=O)O)CCN(CC(=O)O)CC2)cc1. The molecule has 2 aromatic rings. The third kappa shape index (κ3) is 38.0. The first kappa shape index (κ1) is 94.8. The van der Waals surface area contributed by atoms with Crippen LogP contribution in [0.3, 0.4) is 0 Å². The number of aromatic hydroxyl groups is 1. The topological polar surface area (TPSA) is 591 Å². The molecule has 2 aromatic carbocycles. The van der Waals surface area contributed by atoms with Crippen LogP contribution < -0.4 is 43.0 Å². The summed E-state index contributed by atoms with van der Waals surface area (Å²) in [4.78, 5) is 217. The van der Waals surface area contributed by atoms with Crippen LogP contribution in [0.4, 0.5) is 0 Å². The smallest absolute Gasteiger partial charge is 0.320 e. The van der Waals surface area contributed by atoms with Crippen LogP contribution in [0.2, 0.25) is 0 Å². The Kier molecular flexibility index (Phi) is 41.7. The second-order valence-electron chi connectivity index (χ2n) is 27.9. The van der Waals surface area contributed by atoms with Crippen molar-refractivity contribution in [3.63, 3.8) is 0 Å². The minimum atomic E-state index is -1.46. The van der Waals surface area contributed by atoms with Gasteiger partial charge in [0, 0.05) is 157 Å². The number of benzene rings is 2. The van der Waals surface area contributed by atoms with Crippen LogP contribution in [0.25, 0.3) is 0 Å². The number of rotatable bonds is 44. The molecule has 2 saturated heterocycles. The summed E-state index contributed by atoms with van der Waals surface area (Å²) in [5.41, 5.74) is 7.03. The molecule has 0 saturated carbocycles. The molecule has 0 aliphatic carbocycles. The zero-order valence-corrected chi connectivity index (χ0v) is 63.9. The van der Waals surface area contributed by atoms with Crippen LogP contribution in [0, 0.1) is 5.92 Å². The van der Waals surface area contributed by atoms with Gasteiger partial charge in [-0.25, -0.2) is 0 Å². The van der Waals surface area contributed by atoms with Gasteiger partial charge in [0.1, 0.15) is 42.0 Å². The van der Waals surface area contributed by atoms with E-state index in [9.17, 15) is 123 Å². The van der Waals surface area contributed by atoms with Gasteiger partial charge in [0.2, 0.25) is 47.3 Å². The number of carboxylic acids is 8. The van der Waals surface area contributed by atoms with E-state index in [1.165, 1.54) is 58.3 Å². The lowest BCUT2D eigenvalue weighted by Crippen LogP contribution is -2.58. The van der Waals surface area contributed by atoms with E-state index in [2.05, 4.69) is 37.2 Å². The highest BCUT2D eigenvalue weighted by Gasteiger charge is 2.35. The summed E-state index contributed by atoms with van der Waals surface area (Å²) in [6, 6.07) is 4.31. The van der Waals surface area contributed by atoms with E-state index in [-0.39, 0.29) is 162 Å². The fraction of sp³-hybridized carbons (Fsp3) is 0.611. The van der Waals surface area contributed by atoms with E-state index < -0.39 is 196 Å². The third-order valence-corrected chi connectivity index (χ3v) is 19.2. The fourth-order valence-electron chi connectivity index (χ4n) is 12.8. The van der Waals surface area contributed by atoms with Gasteiger partial charge < -0.3 is 88.9 Å². The fourth-order valence-corrected chi connectivity index (χ4v) is 12.8. The zero-order chi connectivity index (χ0) is 83.9. The summed E-state index contributed by atoms with van der Waals surface area (Å²) < 4.78 is 0. The molecule has 0 bridgehead atoms. The highest BCUT2D eigenvalue weighted by atomic mass is 16.4. The van der Waals surface area contributed by atoms with E-state index in [1.54, 1.807) is 50.2 Å². The highest BCUT2D eigenvalue weighted by molar-refractivity contribution is 5.95. The number of carbonyl (C=O) groups is 16. The number of carboxylic acid groups (broad SMARTS) is 8. The van der Waals surface area contributed by atoms with Crippen molar-refractivity contribution < 1.29 is 123 Å². The molecule has 2 aliphatic heterocycles. The number of primary amides is 1. The summed E-state index contributed by atoms with van der Waals surface area (Å²) >= 11 is 0. The second kappa shape index (κ2) is 49.7. The van der Waals surface area contributed by atoms with E-state index in [0.29, 0.717) is 23.1 Å². The van der Waals surface area contributed by atoms with E-state index >= 15 is 0 Å². The first-order valence-corrected chi connectivity index (χ1v) is 37.2. The van der Waals surface area contributed by atoms with Crippen molar-refractivity contribution in [2.45, 2.75) is 128 Å². The van der Waals surface area contributed by atoms with Crippen molar-refractivity contribution in [2.75, 3.05) is 151 Å². The number of nitrogens with one attached hydrogen (secondary N) is 7. The Hall–Kier alpha value is -10.6. The third-order valence-electron chi connectivity index (χ3n) is 19.2. The summed E-state index contributed by atoms with van der Waals surface area (Å²) in [5, 5.41) is 108. The van der Waals surface area contributed by atoms with Crippen LogP contribution in [0.1, 0.15) is 88.8 Å². The van der Waals surface area contributed by atoms with Crippen molar-refractivity contribution in [1.29, 1.82) is 0 Å². The minimum Gasteiger partial charge on any atom is -0.508 e. The molecule has 0 spiro atoms. The Balaban J connectivity index is 1.56. The van der Waals surface area contributed by atoms with E-state index in [0.717, 1.165) is 0 Å². The average molecular weight is 1600 g/mol. The van der Waals surface area contributed by atoms with E-state index in [4.69, 9.17) is 5.73 Å². The average Bonchev–Trinajstić information content (AvgIpc) is 0.855. The van der Waals surface area contributed by atoms with Gasteiger partial charge >= 0.3 is 47.8 Å². The molecule has 0 radical (unpaired) electrons.